The number of esters is 1. The van der Waals surface area contributed by atoms with Crippen LogP contribution in [-0.4, -0.2) is 11.6 Å². The van der Waals surface area contributed by atoms with Crippen molar-refractivity contribution in [3.05, 3.63) is 29.3 Å². The smallest absolute Gasteiger partial charge is 0.306 e. The zero-order valence-corrected chi connectivity index (χ0v) is 11.7. The van der Waals surface area contributed by atoms with Gasteiger partial charge in [-0.05, 0) is 50.8 Å². The number of aryl methyl sites for hydroxylation is 2. The third-order valence-electron chi connectivity index (χ3n) is 2.63. The van der Waals surface area contributed by atoms with Crippen molar-refractivity contribution < 1.29 is 9.53 Å². The molecule has 0 saturated carbocycles. The van der Waals surface area contributed by atoms with E-state index < -0.39 is 5.60 Å². The van der Waals surface area contributed by atoms with Crippen molar-refractivity contribution in [1.82, 2.24) is 0 Å². The maximum absolute atomic E-state index is 11.6. The number of hydrogen-bond acceptors (Lipinski definition) is 3. The van der Waals surface area contributed by atoms with E-state index in [9.17, 15) is 4.79 Å². The van der Waals surface area contributed by atoms with E-state index in [1.807, 2.05) is 39.0 Å². The zero-order valence-electron chi connectivity index (χ0n) is 11.7. The first-order valence-corrected chi connectivity index (χ1v) is 6.41. The van der Waals surface area contributed by atoms with Crippen molar-refractivity contribution in [2.24, 2.45) is 0 Å². The van der Waals surface area contributed by atoms with E-state index >= 15 is 0 Å². The Bertz CT molecular complexity index is 419. The van der Waals surface area contributed by atoms with E-state index in [1.54, 1.807) is 0 Å². The fraction of sp³-hybridized carbons (Fsp3) is 0.533. The third kappa shape index (κ3) is 4.78. The average molecular weight is 249 g/mol. The fourth-order valence-electron chi connectivity index (χ4n) is 1.76. The summed E-state index contributed by atoms with van der Waals surface area (Å²) >= 11 is 0. The van der Waals surface area contributed by atoms with Gasteiger partial charge in [0.05, 0.1) is 0 Å². The van der Waals surface area contributed by atoms with Gasteiger partial charge in [0.2, 0.25) is 0 Å². The molecule has 0 aliphatic rings. The summed E-state index contributed by atoms with van der Waals surface area (Å²) in [6.07, 6.45) is 1.99. The summed E-state index contributed by atoms with van der Waals surface area (Å²) in [5.41, 5.74) is 8.54. The lowest BCUT2D eigenvalue weighted by Crippen LogP contribution is -2.24. The fourth-order valence-corrected chi connectivity index (χ4v) is 1.76. The SMILES string of the molecule is CCc1ccc(CCC(=O)OC(C)(C)C)cc1N. The normalized spacial score (nSPS) is 11.3. The van der Waals surface area contributed by atoms with Gasteiger partial charge in [0.25, 0.3) is 0 Å². The molecule has 0 atom stereocenters. The van der Waals surface area contributed by atoms with Crippen LogP contribution in [0.5, 0.6) is 0 Å². The van der Waals surface area contributed by atoms with E-state index in [2.05, 4.69) is 6.92 Å². The van der Waals surface area contributed by atoms with Crippen LogP contribution in [0.15, 0.2) is 18.2 Å². The molecule has 0 heterocycles. The second-order valence-electron chi connectivity index (χ2n) is 5.47. The molecule has 0 aliphatic carbocycles. The highest BCUT2D eigenvalue weighted by Crippen LogP contribution is 2.17. The van der Waals surface area contributed by atoms with Crippen LogP contribution < -0.4 is 5.73 Å². The van der Waals surface area contributed by atoms with Gasteiger partial charge in [-0.15, -0.1) is 0 Å². The summed E-state index contributed by atoms with van der Waals surface area (Å²) in [5.74, 6) is -0.166. The van der Waals surface area contributed by atoms with Crippen LogP contribution in [0.25, 0.3) is 0 Å². The Balaban J connectivity index is 2.54. The van der Waals surface area contributed by atoms with Gasteiger partial charge < -0.3 is 10.5 Å². The largest absolute Gasteiger partial charge is 0.460 e. The topological polar surface area (TPSA) is 52.3 Å². The predicted molar refractivity (Wildman–Crippen MR) is 74.4 cm³/mol. The maximum atomic E-state index is 11.6. The van der Waals surface area contributed by atoms with Gasteiger partial charge in [-0.25, -0.2) is 0 Å². The zero-order chi connectivity index (χ0) is 13.8. The van der Waals surface area contributed by atoms with E-state index in [4.69, 9.17) is 10.5 Å². The summed E-state index contributed by atoms with van der Waals surface area (Å²) in [6, 6.07) is 6.00. The monoisotopic (exact) mass is 249 g/mol. The van der Waals surface area contributed by atoms with Crippen LogP contribution in [0.2, 0.25) is 0 Å². The molecule has 3 heteroatoms. The van der Waals surface area contributed by atoms with Crippen LogP contribution in [0, 0.1) is 0 Å². The minimum atomic E-state index is -0.415. The summed E-state index contributed by atoms with van der Waals surface area (Å²) in [4.78, 5) is 11.6. The molecule has 1 rings (SSSR count). The quantitative estimate of drug-likeness (QED) is 0.659. The standard InChI is InChI=1S/C15H23NO2/c1-5-12-8-6-11(10-13(12)16)7-9-14(17)18-15(2,3)4/h6,8,10H,5,7,9,16H2,1-4H3. The Morgan fingerprint density at radius 2 is 2.00 bits per heavy atom. The summed E-state index contributed by atoms with van der Waals surface area (Å²) in [5, 5.41) is 0. The first-order valence-electron chi connectivity index (χ1n) is 6.41. The van der Waals surface area contributed by atoms with Gasteiger partial charge in [0.1, 0.15) is 5.60 Å². The Morgan fingerprint density at radius 1 is 1.33 bits per heavy atom. The molecular weight excluding hydrogens is 226 g/mol. The van der Waals surface area contributed by atoms with Crippen molar-refractivity contribution in [3.8, 4) is 0 Å². The van der Waals surface area contributed by atoms with E-state index in [1.165, 1.54) is 0 Å². The average Bonchev–Trinajstić information content (AvgIpc) is 2.24. The lowest BCUT2D eigenvalue weighted by Gasteiger charge is -2.19. The molecule has 18 heavy (non-hydrogen) atoms. The molecule has 0 spiro atoms. The van der Waals surface area contributed by atoms with Crippen molar-refractivity contribution in [1.29, 1.82) is 0 Å². The lowest BCUT2D eigenvalue weighted by atomic mass is 10.0. The number of nitrogens with two attached hydrogens (primary N) is 1. The van der Waals surface area contributed by atoms with Crippen LogP contribution in [0.1, 0.15) is 45.2 Å². The second kappa shape index (κ2) is 5.89. The molecule has 100 valence electrons. The van der Waals surface area contributed by atoms with E-state index in [0.717, 1.165) is 23.2 Å². The highest BCUT2D eigenvalue weighted by Gasteiger charge is 2.15. The number of hydrogen-bond donors (Lipinski definition) is 1. The molecule has 0 bridgehead atoms. The van der Waals surface area contributed by atoms with Gasteiger partial charge in [-0.3, -0.25) is 4.79 Å². The number of anilines is 1. The van der Waals surface area contributed by atoms with Gasteiger partial charge >= 0.3 is 5.97 Å². The van der Waals surface area contributed by atoms with Crippen LogP contribution in [0.4, 0.5) is 5.69 Å². The Labute approximate surface area is 109 Å². The summed E-state index contributed by atoms with van der Waals surface area (Å²) in [7, 11) is 0. The lowest BCUT2D eigenvalue weighted by molar-refractivity contribution is -0.154. The van der Waals surface area contributed by atoms with Gasteiger partial charge in [-0.1, -0.05) is 19.1 Å². The van der Waals surface area contributed by atoms with E-state index in [-0.39, 0.29) is 5.97 Å². The van der Waals surface area contributed by atoms with Crippen molar-refractivity contribution in [3.63, 3.8) is 0 Å². The molecule has 0 fully saturated rings. The number of ether oxygens (including phenoxy) is 1. The minimum absolute atomic E-state index is 0.166. The van der Waals surface area contributed by atoms with Gasteiger partial charge in [0, 0.05) is 12.1 Å². The molecule has 1 aromatic carbocycles. The summed E-state index contributed by atoms with van der Waals surface area (Å²) in [6.45, 7) is 7.70. The van der Waals surface area contributed by atoms with Crippen molar-refractivity contribution in [2.45, 2.75) is 52.6 Å². The van der Waals surface area contributed by atoms with Crippen molar-refractivity contribution in [2.75, 3.05) is 5.73 Å². The first-order chi connectivity index (χ1) is 8.31. The molecule has 0 unspecified atom stereocenters. The minimum Gasteiger partial charge on any atom is -0.460 e. The Morgan fingerprint density at radius 3 is 2.50 bits per heavy atom. The third-order valence-corrected chi connectivity index (χ3v) is 2.63. The second-order valence-corrected chi connectivity index (χ2v) is 5.47. The molecule has 0 aromatic heterocycles. The van der Waals surface area contributed by atoms with Crippen molar-refractivity contribution >= 4 is 11.7 Å². The van der Waals surface area contributed by atoms with Crippen LogP contribution >= 0.6 is 0 Å². The first kappa shape index (κ1) is 14.6. The molecular formula is C15H23NO2. The number of rotatable bonds is 4. The molecule has 0 radical (unpaired) electrons. The molecule has 0 saturated heterocycles. The Kier molecular flexibility index (Phi) is 4.76. The molecule has 0 amide bonds. The molecule has 2 N–H and O–H groups in total. The molecule has 3 nitrogen and oxygen atoms in total. The highest BCUT2D eigenvalue weighted by atomic mass is 16.6. The highest BCUT2D eigenvalue weighted by molar-refractivity contribution is 5.70. The maximum Gasteiger partial charge on any atom is 0.306 e. The predicted octanol–water partition coefficient (Wildman–Crippen LogP) is 3.11. The number of carbonyl (C=O) groups excluding carboxylic acids is 1. The van der Waals surface area contributed by atoms with Gasteiger partial charge in [-0.2, -0.15) is 0 Å². The van der Waals surface area contributed by atoms with Crippen LogP contribution in [-0.2, 0) is 22.4 Å². The van der Waals surface area contributed by atoms with Gasteiger partial charge in [0.15, 0.2) is 0 Å². The molecule has 1 aromatic rings. The van der Waals surface area contributed by atoms with E-state index in [0.29, 0.717) is 12.8 Å². The Hall–Kier alpha value is -1.51. The number of nitrogen functional groups attached to an aromatic ring is 1. The van der Waals surface area contributed by atoms with Crippen LogP contribution in [0.3, 0.4) is 0 Å². The summed E-state index contributed by atoms with van der Waals surface area (Å²) < 4.78 is 5.26. The number of benzene rings is 1. The number of carbonyl (C=O) groups is 1. The molecule has 0 aliphatic heterocycles.